The lowest BCUT2D eigenvalue weighted by Crippen LogP contribution is -2.35. The van der Waals surface area contributed by atoms with E-state index >= 15 is 0 Å². The predicted octanol–water partition coefficient (Wildman–Crippen LogP) is 3.72. The minimum atomic E-state index is 0.155. The van der Waals surface area contributed by atoms with Gasteiger partial charge in [0.2, 0.25) is 0 Å². The van der Waals surface area contributed by atoms with E-state index in [-0.39, 0.29) is 6.10 Å². The molecule has 1 aliphatic rings. The van der Waals surface area contributed by atoms with Crippen LogP contribution < -0.4 is 0 Å². The van der Waals surface area contributed by atoms with E-state index in [0.717, 1.165) is 56.2 Å². The summed E-state index contributed by atoms with van der Waals surface area (Å²) in [5.74, 6) is 2.01. The Morgan fingerprint density at radius 3 is 2.63 bits per heavy atom. The molecule has 1 saturated heterocycles. The largest absolute Gasteiger partial charge is 0.353 e. The number of nitrogens with zero attached hydrogens (tertiary/aromatic N) is 4. The van der Waals surface area contributed by atoms with E-state index in [1.165, 1.54) is 12.8 Å². The van der Waals surface area contributed by atoms with E-state index in [1.807, 2.05) is 6.07 Å². The average Bonchev–Trinajstić information content (AvgIpc) is 3.35. The number of ether oxygens (including phenoxy) is 2. The molecule has 0 radical (unpaired) electrons. The lowest BCUT2D eigenvalue weighted by Gasteiger charge is -2.24. The first-order valence-electron chi connectivity index (χ1n) is 10.2. The van der Waals surface area contributed by atoms with Crippen LogP contribution in [0.1, 0.15) is 45.4 Å². The molecular weight excluding hydrogens is 340 g/mol. The van der Waals surface area contributed by atoms with E-state index in [1.54, 1.807) is 0 Å². The first-order chi connectivity index (χ1) is 13.3. The van der Waals surface area contributed by atoms with Gasteiger partial charge >= 0.3 is 0 Å². The minimum Gasteiger partial charge on any atom is -0.353 e. The van der Waals surface area contributed by atoms with Crippen molar-refractivity contribution in [2.24, 2.45) is 0 Å². The highest BCUT2D eigenvalue weighted by Crippen LogP contribution is 2.20. The number of aromatic nitrogens is 3. The molecule has 3 rings (SSSR count). The van der Waals surface area contributed by atoms with E-state index in [0.29, 0.717) is 13.4 Å². The summed E-state index contributed by atoms with van der Waals surface area (Å²) in [5, 5.41) is 9.10. The molecule has 1 aromatic carbocycles. The first-order valence-corrected chi connectivity index (χ1v) is 10.2. The summed E-state index contributed by atoms with van der Waals surface area (Å²) in [4.78, 5) is 2.43. The molecule has 1 unspecified atom stereocenters. The molecule has 6 heteroatoms. The van der Waals surface area contributed by atoms with Gasteiger partial charge in [0.1, 0.15) is 12.6 Å². The Morgan fingerprint density at radius 1 is 1.11 bits per heavy atom. The third-order valence-electron chi connectivity index (χ3n) is 4.94. The molecule has 1 aromatic heterocycles. The third kappa shape index (κ3) is 5.61. The first kappa shape index (κ1) is 20.0. The van der Waals surface area contributed by atoms with Crippen molar-refractivity contribution in [1.29, 1.82) is 0 Å². The third-order valence-corrected chi connectivity index (χ3v) is 4.94. The van der Waals surface area contributed by atoms with Gasteiger partial charge in [-0.05, 0) is 19.4 Å². The van der Waals surface area contributed by atoms with Gasteiger partial charge in [-0.1, -0.05) is 57.0 Å². The number of rotatable bonds is 11. The summed E-state index contributed by atoms with van der Waals surface area (Å²) in [6.45, 7) is 9.20. The second-order valence-corrected chi connectivity index (χ2v) is 7.18. The monoisotopic (exact) mass is 372 g/mol. The maximum Gasteiger partial charge on any atom is 0.163 e. The average molecular weight is 373 g/mol. The Labute approximate surface area is 162 Å². The van der Waals surface area contributed by atoms with Gasteiger partial charge in [0.25, 0.3) is 0 Å². The van der Waals surface area contributed by atoms with Crippen LogP contribution in [-0.2, 0) is 22.6 Å². The van der Waals surface area contributed by atoms with Gasteiger partial charge < -0.3 is 14.0 Å². The summed E-state index contributed by atoms with van der Waals surface area (Å²) in [5.41, 5.74) is 1.12. The van der Waals surface area contributed by atoms with Gasteiger partial charge in [0, 0.05) is 18.7 Å². The zero-order valence-electron chi connectivity index (χ0n) is 16.6. The van der Waals surface area contributed by atoms with E-state index in [2.05, 4.69) is 57.8 Å². The summed E-state index contributed by atoms with van der Waals surface area (Å²) < 4.78 is 13.3. The molecule has 2 heterocycles. The summed E-state index contributed by atoms with van der Waals surface area (Å²) >= 11 is 0. The van der Waals surface area contributed by atoms with Crippen LogP contribution in [0.5, 0.6) is 0 Å². The van der Waals surface area contributed by atoms with Gasteiger partial charge in [0.15, 0.2) is 5.82 Å². The zero-order valence-corrected chi connectivity index (χ0v) is 16.6. The van der Waals surface area contributed by atoms with Crippen molar-refractivity contribution in [3.05, 3.63) is 36.2 Å². The number of hydrogen-bond acceptors (Lipinski definition) is 5. The van der Waals surface area contributed by atoms with Crippen LogP contribution in [-0.4, -0.2) is 52.3 Å². The van der Waals surface area contributed by atoms with Crippen LogP contribution in [0, 0.1) is 0 Å². The Kier molecular flexibility index (Phi) is 7.80. The van der Waals surface area contributed by atoms with Gasteiger partial charge in [-0.2, -0.15) is 0 Å². The van der Waals surface area contributed by atoms with Crippen LogP contribution in [0.25, 0.3) is 11.4 Å². The molecule has 0 spiro atoms. The second kappa shape index (κ2) is 10.5. The number of unbranched alkanes of at least 4 members (excludes halogenated alkanes) is 2. The summed E-state index contributed by atoms with van der Waals surface area (Å²) in [6, 6.07) is 10.4. The van der Waals surface area contributed by atoms with Gasteiger partial charge in [-0.15, -0.1) is 10.2 Å². The second-order valence-electron chi connectivity index (χ2n) is 7.18. The molecule has 148 valence electrons. The molecule has 2 aromatic rings. The molecule has 0 bridgehead atoms. The van der Waals surface area contributed by atoms with Crippen LogP contribution in [0.3, 0.4) is 0 Å². The number of benzene rings is 1. The molecule has 0 saturated carbocycles. The molecule has 6 nitrogen and oxygen atoms in total. The van der Waals surface area contributed by atoms with Crippen LogP contribution in [0.4, 0.5) is 0 Å². The van der Waals surface area contributed by atoms with Crippen molar-refractivity contribution < 1.29 is 9.47 Å². The Hall–Kier alpha value is -1.76. The highest BCUT2D eigenvalue weighted by atomic mass is 16.7. The maximum absolute atomic E-state index is 5.66. The maximum atomic E-state index is 5.66. The molecule has 27 heavy (non-hydrogen) atoms. The summed E-state index contributed by atoms with van der Waals surface area (Å²) in [7, 11) is 0. The van der Waals surface area contributed by atoms with E-state index in [9.17, 15) is 0 Å². The fourth-order valence-corrected chi connectivity index (χ4v) is 3.39. The van der Waals surface area contributed by atoms with E-state index in [4.69, 9.17) is 9.47 Å². The molecule has 1 atom stereocenters. The molecule has 1 aliphatic heterocycles. The quantitative estimate of drug-likeness (QED) is 0.602. The smallest absolute Gasteiger partial charge is 0.163 e. The molecular formula is C21H32N4O2. The van der Waals surface area contributed by atoms with Gasteiger partial charge in [0.05, 0.1) is 19.3 Å². The molecule has 0 aliphatic carbocycles. The van der Waals surface area contributed by atoms with Crippen molar-refractivity contribution in [3.8, 4) is 11.4 Å². The van der Waals surface area contributed by atoms with Crippen molar-refractivity contribution in [1.82, 2.24) is 19.7 Å². The lowest BCUT2D eigenvalue weighted by atomic mass is 10.2. The highest BCUT2D eigenvalue weighted by Gasteiger charge is 2.22. The normalized spacial score (nSPS) is 17.1. The highest BCUT2D eigenvalue weighted by molar-refractivity contribution is 5.54. The molecule has 0 N–H and O–H groups in total. The van der Waals surface area contributed by atoms with Crippen LogP contribution in [0.15, 0.2) is 30.3 Å². The minimum absolute atomic E-state index is 0.155. The lowest BCUT2D eigenvalue weighted by molar-refractivity contribution is 0.0333. The Morgan fingerprint density at radius 2 is 1.93 bits per heavy atom. The van der Waals surface area contributed by atoms with Crippen molar-refractivity contribution in [3.63, 3.8) is 0 Å². The Bertz CT molecular complexity index is 668. The topological polar surface area (TPSA) is 52.4 Å². The molecule has 1 fully saturated rings. The fraction of sp³-hybridized carbons (Fsp3) is 0.619. The van der Waals surface area contributed by atoms with Crippen molar-refractivity contribution in [2.45, 2.75) is 58.7 Å². The van der Waals surface area contributed by atoms with E-state index < -0.39 is 0 Å². The van der Waals surface area contributed by atoms with Gasteiger partial charge in [-0.25, -0.2) is 0 Å². The number of hydrogen-bond donors (Lipinski definition) is 0. The Balaban J connectivity index is 1.78. The SMILES string of the molecule is CCCCN(Cc1nnc(-c2ccccc2)n1CCCC)CC1COCO1. The van der Waals surface area contributed by atoms with Crippen LogP contribution in [0.2, 0.25) is 0 Å². The zero-order chi connectivity index (χ0) is 18.9. The standard InChI is InChI=1S/C21H32N4O2/c1-3-5-12-24(14-19-16-26-17-27-19)15-20-22-23-21(25(20)13-6-4-2)18-10-8-7-9-11-18/h7-11,19H,3-6,12-17H2,1-2H3. The van der Waals surface area contributed by atoms with Crippen molar-refractivity contribution in [2.75, 3.05) is 26.5 Å². The summed E-state index contributed by atoms with van der Waals surface area (Å²) in [6.07, 6.45) is 4.78. The molecule has 0 amide bonds. The van der Waals surface area contributed by atoms with Crippen molar-refractivity contribution >= 4 is 0 Å². The van der Waals surface area contributed by atoms with Gasteiger partial charge in [-0.3, -0.25) is 4.90 Å². The predicted molar refractivity (Wildman–Crippen MR) is 106 cm³/mol. The fourth-order valence-electron chi connectivity index (χ4n) is 3.39. The van der Waals surface area contributed by atoms with Crippen LogP contribution >= 0.6 is 0 Å².